The lowest BCUT2D eigenvalue weighted by Gasteiger charge is -2.17. The van der Waals surface area contributed by atoms with Gasteiger partial charge in [0.25, 0.3) is 0 Å². The van der Waals surface area contributed by atoms with Crippen molar-refractivity contribution in [3.63, 3.8) is 0 Å². The highest BCUT2D eigenvalue weighted by atomic mass is 31.2. The Labute approximate surface area is 90.6 Å². The minimum atomic E-state index is -3.50. The highest BCUT2D eigenvalue weighted by Crippen LogP contribution is 2.30. The van der Waals surface area contributed by atoms with Gasteiger partial charge >= 0.3 is 0 Å². The Morgan fingerprint density at radius 3 is 2.13 bits per heavy atom. The number of hydrogen-bond donors (Lipinski definition) is 3. The molecule has 0 fully saturated rings. The second-order valence-corrected chi connectivity index (χ2v) is 4.75. The van der Waals surface area contributed by atoms with Gasteiger partial charge < -0.3 is 29.9 Å². The maximum atomic E-state index is 10.5. The molecule has 0 amide bonds. The van der Waals surface area contributed by atoms with Crippen LogP contribution in [0.15, 0.2) is 0 Å². The Hall–Kier alpha value is 0.0300. The van der Waals surface area contributed by atoms with E-state index in [9.17, 15) is 9.46 Å². The first-order chi connectivity index (χ1) is 6.97. The molecular weight excluding hydrogens is 221 g/mol. The second kappa shape index (κ2) is 12.1. The van der Waals surface area contributed by atoms with E-state index in [-0.39, 0.29) is 0 Å². The lowest BCUT2D eigenvalue weighted by molar-refractivity contribution is -0.196. The largest absolute Gasteiger partial charge is 0.779 e. The molecule has 0 aromatic carbocycles. The van der Waals surface area contributed by atoms with E-state index in [0.29, 0.717) is 13.2 Å². The van der Waals surface area contributed by atoms with Gasteiger partial charge in [0.1, 0.15) is 14.4 Å². The lowest BCUT2D eigenvalue weighted by atomic mass is 10.2. The molecule has 7 heteroatoms. The monoisotopic (exact) mass is 242 g/mol. The Balaban J connectivity index is 0. The van der Waals surface area contributed by atoms with Crippen LogP contribution in [0.4, 0.5) is 0 Å². The number of unbranched alkanes of at least 4 members (excludes halogenated alkanes) is 3. The second-order valence-electron chi connectivity index (χ2n) is 2.95. The first-order valence-corrected chi connectivity index (χ1v) is 6.81. The van der Waals surface area contributed by atoms with Gasteiger partial charge in [0.15, 0.2) is 0 Å². The maximum absolute atomic E-state index is 10.5. The van der Waals surface area contributed by atoms with Crippen LogP contribution >= 0.6 is 7.60 Å². The minimum Gasteiger partial charge on any atom is -0.779 e. The van der Waals surface area contributed by atoms with E-state index in [1.807, 2.05) is 0 Å². The number of nitrogens with two attached hydrogens (primary N) is 1. The standard InChI is InChI=1S/C7H18NO3P.CH4O2/c1-12(9,10)11-7-5-3-2-4-6-8;2-1-3/h2-8H2,1H3,(H,9,10);2-3H,1H2/p-1. The lowest BCUT2D eigenvalue weighted by Crippen LogP contribution is -2.04. The molecular formula is C8H21NO5P-. The smallest absolute Gasteiger partial charge is 0.140 e. The van der Waals surface area contributed by atoms with Crippen LogP contribution < -0.4 is 10.6 Å². The topological polar surface area (TPSA) is 116 Å². The third kappa shape index (κ3) is 24.9. The van der Waals surface area contributed by atoms with E-state index >= 15 is 0 Å². The van der Waals surface area contributed by atoms with Crippen LogP contribution in [0.2, 0.25) is 0 Å². The summed E-state index contributed by atoms with van der Waals surface area (Å²) < 4.78 is 15.1. The van der Waals surface area contributed by atoms with E-state index < -0.39 is 14.4 Å². The van der Waals surface area contributed by atoms with Gasteiger partial charge in [-0.3, -0.25) is 0 Å². The fourth-order valence-electron chi connectivity index (χ4n) is 0.830. The van der Waals surface area contributed by atoms with Crippen molar-refractivity contribution in [2.24, 2.45) is 5.73 Å². The van der Waals surface area contributed by atoms with Crippen molar-refractivity contribution in [3.8, 4) is 0 Å². The van der Waals surface area contributed by atoms with Gasteiger partial charge in [-0.05, 0) is 19.4 Å². The molecule has 15 heavy (non-hydrogen) atoms. The van der Waals surface area contributed by atoms with Crippen molar-refractivity contribution in [2.75, 3.05) is 26.6 Å². The Morgan fingerprint density at radius 1 is 1.27 bits per heavy atom. The van der Waals surface area contributed by atoms with Crippen LogP contribution in [-0.2, 0) is 9.09 Å². The highest BCUT2D eigenvalue weighted by Gasteiger charge is 1.97. The van der Waals surface area contributed by atoms with Gasteiger partial charge in [-0.1, -0.05) is 12.8 Å². The molecule has 0 heterocycles. The van der Waals surface area contributed by atoms with E-state index in [4.69, 9.17) is 15.9 Å². The molecule has 0 radical (unpaired) electrons. The molecule has 0 rings (SSSR count). The molecule has 0 aliphatic rings. The normalized spacial score (nSPS) is 13.9. The summed E-state index contributed by atoms with van der Waals surface area (Å²) >= 11 is 0. The average Bonchev–Trinajstić information content (AvgIpc) is 2.11. The zero-order chi connectivity index (χ0) is 12.2. The Morgan fingerprint density at radius 2 is 1.73 bits per heavy atom. The van der Waals surface area contributed by atoms with Gasteiger partial charge in [-0.25, -0.2) is 0 Å². The number of hydrogen-bond acceptors (Lipinski definition) is 6. The summed E-state index contributed by atoms with van der Waals surface area (Å²) in [6, 6.07) is 0. The van der Waals surface area contributed by atoms with Crippen LogP contribution in [0, 0.1) is 0 Å². The predicted octanol–water partition coefficient (Wildman–Crippen LogP) is -0.366. The maximum Gasteiger partial charge on any atom is 0.140 e. The van der Waals surface area contributed by atoms with E-state index in [1.165, 1.54) is 0 Å². The van der Waals surface area contributed by atoms with Crippen LogP contribution in [-0.4, -0.2) is 36.8 Å². The summed E-state index contributed by atoms with van der Waals surface area (Å²) in [5, 5.41) is 14.2. The average molecular weight is 242 g/mol. The van der Waals surface area contributed by atoms with Gasteiger partial charge in [-0.2, -0.15) is 0 Å². The quantitative estimate of drug-likeness (QED) is 0.319. The molecule has 0 saturated carbocycles. The highest BCUT2D eigenvalue weighted by molar-refractivity contribution is 7.50. The van der Waals surface area contributed by atoms with Crippen LogP contribution in [0.25, 0.3) is 0 Å². The molecule has 6 nitrogen and oxygen atoms in total. The fraction of sp³-hybridized carbons (Fsp3) is 1.00. The van der Waals surface area contributed by atoms with Crippen LogP contribution in [0.1, 0.15) is 25.7 Å². The molecule has 0 aliphatic heterocycles. The first-order valence-electron chi connectivity index (χ1n) is 4.82. The Bertz CT molecular complexity index is 161. The summed E-state index contributed by atoms with van der Waals surface area (Å²) in [5.74, 6) is 0. The number of rotatable bonds is 7. The van der Waals surface area contributed by atoms with E-state index in [2.05, 4.69) is 4.52 Å². The molecule has 0 aromatic rings. The zero-order valence-electron chi connectivity index (χ0n) is 9.09. The van der Waals surface area contributed by atoms with E-state index in [1.54, 1.807) is 0 Å². The summed E-state index contributed by atoms with van der Waals surface area (Å²) in [4.78, 5) is 10.5. The molecule has 0 spiro atoms. The summed E-state index contributed by atoms with van der Waals surface area (Å²) in [5.41, 5.74) is 5.29. The predicted molar refractivity (Wildman–Crippen MR) is 56.3 cm³/mol. The molecule has 0 aliphatic carbocycles. The van der Waals surface area contributed by atoms with Gasteiger partial charge in [0.2, 0.25) is 0 Å². The van der Waals surface area contributed by atoms with Gasteiger partial charge in [-0.15, -0.1) is 0 Å². The Kier molecular flexibility index (Phi) is 14.1. The molecule has 1 atom stereocenters. The van der Waals surface area contributed by atoms with Crippen molar-refractivity contribution in [3.05, 3.63) is 0 Å². The molecule has 1 unspecified atom stereocenters. The number of aliphatic hydroxyl groups is 2. The zero-order valence-corrected chi connectivity index (χ0v) is 9.99. The van der Waals surface area contributed by atoms with Crippen molar-refractivity contribution in [2.45, 2.75) is 25.7 Å². The molecule has 0 bridgehead atoms. The van der Waals surface area contributed by atoms with Crippen LogP contribution in [0.3, 0.4) is 0 Å². The van der Waals surface area contributed by atoms with Crippen molar-refractivity contribution < 1.29 is 24.2 Å². The van der Waals surface area contributed by atoms with E-state index in [0.717, 1.165) is 32.3 Å². The van der Waals surface area contributed by atoms with Gasteiger partial charge in [0.05, 0.1) is 6.61 Å². The van der Waals surface area contributed by atoms with Crippen LogP contribution in [0.5, 0.6) is 0 Å². The SMILES string of the molecule is CP(=O)([O-])OCCCCCCN.OCO. The van der Waals surface area contributed by atoms with Gasteiger partial charge in [0, 0.05) is 6.66 Å². The third-order valence-electron chi connectivity index (χ3n) is 1.42. The van der Waals surface area contributed by atoms with Crippen molar-refractivity contribution in [1.29, 1.82) is 0 Å². The minimum absolute atomic E-state index is 0.307. The molecule has 0 saturated heterocycles. The number of aliphatic hydroxyl groups excluding tert-OH is 1. The molecule has 4 N–H and O–H groups in total. The van der Waals surface area contributed by atoms with Crippen molar-refractivity contribution >= 4 is 7.60 Å². The summed E-state index contributed by atoms with van der Waals surface area (Å²) in [6.07, 6.45) is 3.82. The first kappa shape index (κ1) is 17.4. The van der Waals surface area contributed by atoms with Crippen molar-refractivity contribution in [1.82, 2.24) is 0 Å². The third-order valence-corrected chi connectivity index (χ3v) is 2.08. The fourth-order valence-corrected chi connectivity index (χ4v) is 1.29. The molecule has 94 valence electrons. The molecule has 0 aromatic heterocycles. The summed E-state index contributed by atoms with van der Waals surface area (Å²) in [6.45, 7) is 1.35. The summed E-state index contributed by atoms with van der Waals surface area (Å²) in [7, 11) is -3.50.